The Kier molecular flexibility index (Phi) is 4.91. The summed E-state index contributed by atoms with van der Waals surface area (Å²) < 4.78 is 0. The average Bonchev–Trinajstić information content (AvgIpc) is 3.37. The molecular formula is C25H28N2O2S. The van der Waals surface area contributed by atoms with Gasteiger partial charge >= 0.3 is 5.97 Å². The Balaban J connectivity index is 1.34. The molecular weight excluding hydrogens is 392 g/mol. The molecule has 2 heterocycles. The maximum absolute atomic E-state index is 11.1. The lowest BCUT2D eigenvalue weighted by Crippen LogP contribution is -2.32. The van der Waals surface area contributed by atoms with Gasteiger partial charge in [-0.1, -0.05) is 62.4 Å². The Morgan fingerprint density at radius 2 is 2.10 bits per heavy atom. The molecule has 1 aliphatic heterocycles. The number of rotatable bonds is 5. The summed E-state index contributed by atoms with van der Waals surface area (Å²) >= 11 is 1.85. The predicted octanol–water partition coefficient (Wildman–Crippen LogP) is 4.99. The van der Waals surface area contributed by atoms with Crippen molar-refractivity contribution < 1.29 is 9.90 Å². The summed E-state index contributed by atoms with van der Waals surface area (Å²) in [7, 11) is 0. The third-order valence-corrected chi connectivity index (χ3v) is 8.11. The topological polar surface area (TPSA) is 53.4 Å². The van der Waals surface area contributed by atoms with Crippen molar-refractivity contribution in [3.63, 3.8) is 0 Å². The number of hydrogen-bond donors (Lipinski definition) is 1. The summed E-state index contributed by atoms with van der Waals surface area (Å²) in [5.41, 5.74) is 3.86. The monoisotopic (exact) mass is 420 g/mol. The summed E-state index contributed by atoms with van der Waals surface area (Å²) in [5.74, 6) is -0.164. The number of nitrogens with zero attached hydrogens (tertiary/aromatic N) is 2. The number of aliphatic carboxylic acids is 1. The van der Waals surface area contributed by atoms with Gasteiger partial charge in [0, 0.05) is 42.3 Å². The van der Waals surface area contributed by atoms with Crippen molar-refractivity contribution in [2.24, 2.45) is 17.3 Å². The maximum Gasteiger partial charge on any atom is 0.306 e. The summed E-state index contributed by atoms with van der Waals surface area (Å²) in [6, 6.07) is 10.7. The second kappa shape index (κ2) is 7.47. The third kappa shape index (κ3) is 3.54. The molecule has 2 aliphatic carbocycles. The van der Waals surface area contributed by atoms with Crippen molar-refractivity contribution in [1.29, 1.82) is 0 Å². The average molecular weight is 421 g/mol. The van der Waals surface area contributed by atoms with E-state index in [1.165, 1.54) is 26.7 Å². The molecule has 3 aliphatic rings. The van der Waals surface area contributed by atoms with Gasteiger partial charge in [0.05, 0.1) is 11.6 Å². The number of hydrogen-bond acceptors (Lipinski definition) is 4. The highest BCUT2D eigenvalue weighted by molar-refractivity contribution is 7.11. The van der Waals surface area contributed by atoms with Crippen LogP contribution in [0.4, 0.5) is 0 Å². The first-order valence-electron chi connectivity index (χ1n) is 10.8. The molecule has 0 amide bonds. The molecule has 156 valence electrons. The molecule has 1 fully saturated rings. The van der Waals surface area contributed by atoms with Gasteiger partial charge in [-0.25, -0.2) is 4.98 Å². The summed E-state index contributed by atoms with van der Waals surface area (Å²) in [6.07, 6.45) is 8.53. The van der Waals surface area contributed by atoms with E-state index in [1.54, 1.807) is 0 Å². The predicted molar refractivity (Wildman–Crippen MR) is 120 cm³/mol. The minimum absolute atomic E-state index is 0.0288. The van der Waals surface area contributed by atoms with Crippen LogP contribution < -0.4 is 0 Å². The molecule has 3 unspecified atom stereocenters. The molecule has 1 aromatic carbocycles. The fourth-order valence-electron chi connectivity index (χ4n) is 5.00. The van der Waals surface area contributed by atoms with Crippen LogP contribution in [0, 0.1) is 17.3 Å². The molecule has 1 N–H and O–H groups in total. The molecule has 5 rings (SSSR count). The molecule has 0 spiro atoms. The second-order valence-corrected chi connectivity index (χ2v) is 10.5. The van der Waals surface area contributed by atoms with Crippen molar-refractivity contribution in [2.45, 2.75) is 39.2 Å². The first-order chi connectivity index (χ1) is 14.4. The van der Waals surface area contributed by atoms with Gasteiger partial charge in [-0.2, -0.15) is 0 Å². The number of allylic oxidation sites excluding steroid dienone is 4. The van der Waals surface area contributed by atoms with Crippen LogP contribution in [-0.2, 0) is 17.8 Å². The molecule has 4 nitrogen and oxygen atoms in total. The quantitative estimate of drug-likeness (QED) is 0.741. The largest absolute Gasteiger partial charge is 0.481 e. The lowest BCUT2D eigenvalue weighted by molar-refractivity contribution is -0.138. The van der Waals surface area contributed by atoms with Gasteiger partial charge in [-0.05, 0) is 23.5 Å². The fourth-order valence-corrected chi connectivity index (χ4v) is 6.42. The SMILES string of the molecule is CC1(C)C(c2ccccc2)=CC=CC1c1nc2c(s1)CN(CC1CC1C(=O)O)CC2. The first-order valence-corrected chi connectivity index (χ1v) is 11.6. The van der Waals surface area contributed by atoms with E-state index in [0.29, 0.717) is 5.92 Å². The smallest absolute Gasteiger partial charge is 0.306 e. The van der Waals surface area contributed by atoms with Gasteiger partial charge < -0.3 is 5.11 Å². The molecule has 3 atom stereocenters. The number of carboxylic acids is 1. The summed E-state index contributed by atoms with van der Waals surface area (Å²) in [5, 5.41) is 10.4. The normalized spacial score (nSPS) is 27.4. The van der Waals surface area contributed by atoms with Crippen LogP contribution in [0.25, 0.3) is 5.57 Å². The number of benzene rings is 1. The van der Waals surface area contributed by atoms with E-state index >= 15 is 0 Å². The molecule has 5 heteroatoms. The number of fused-ring (bicyclic) bond motifs is 1. The zero-order valence-corrected chi connectivity index (χ0v) is 18.4. The van der Waals surface area contributed by atoms with E-state index in [2.05, 4.69) is 67.3 Å². The molecule has 1 saturated carbocycles. The minimum atomic E-state index is -0.633. The van der Waals surface area contributed by atoms with Crippen LogP contribution in [0.3, 0.4) is 0 Å². The van der Waals surface area contributed by atoms with Crippen LogP contribution >= 0.6 is 11.3 Å². The van der Waals surface area contributed by atoms with Crippen molar-refractivity contribution in [2.75, 3.05) is 13.1 Å². The minimum Gasteiger partial charge on any atom is -0.481 e. The highest BCUT2D eigenvalue weighted by Crippen LogP contribution is 2.50. The Morgan fingerprint density at radius 3 is 2.83 bits per heavy atom. The van der Waals surface area contributed by atoms with E-state index in [0.717, 1.165) is 32.5 Å². The number of carbonyl (C=O) groups is 1. The standard InChI is InChI=1S/C25H28N2O2S/c1-25(2)19(16-7-4-3-5-8-16)9-6-10-20(25)23-26-21-11-12-27(15-22(21)30-23)14-17-13-18(17)24(28)29/h3-10,17-18,20H,11-15H2,1-2H3,(H,28,29). The van der Waals surface area contributed by atoms with Crippen molar-refractivity contribution >= 4 is 22.9 Å². The summed E-state index contributed by atoms with van der Waals surface area (Å²) in [4.78, 5) is 20.0. The van der Waals surface area contributed by atoms with Crippen molar-refractivity contribution in [3.8, 4) is 0 Å². The van der Waals surface area contributed by atoms with E-state index < -0.39 is 5.97 Å². The lowest BCUT2D eigenvalue weighted by Gasteiger charge is -2.36. The highest BCUT2D eigenvalue weighted by Gasteiger charge is 2.44. The number of carboxylic acid groups (broad SMARTS) is 1. The Labute approximate surface area is 182 Å². The fraction of sp³-hybridized carbons (Fsp3) is 0.440. The molecule has 2 aromatic rings. The van der Waals surface area contributed by atoms with Gasteiger partial charge in [0.15, 0.2) is 0 Å². The molecule has 1 aromatic heterocycles. The summed E-state index contributed by atoms with van der Waals surface area (Å²) in [6.45, 7) is 7.45. The maximum atomic E-state index is 11.1. The Bertz CT molecular complexity index is 1020. The number of aromatic nitrogens is 1. The number of thiazole rings is 1. The third-order valence-electron chi connectivity index (χ3n) is 6.95. The van der Waals surface area contributed by atoms with Gasteiger partial charge in [-0.3, -0.25) is 9.69 Å². The lowest BCUT2D eigenvalue weighted by atomic mass is 9.68. The van der Waals surface area contributed by atoms with Crippen LogP contribution in [0.15, 0.2) is 48.6 Å². The van der Waals surface area contributed by atoms with Crippen LogP contribution in [0.2, 0.25) is 0 Å². The van der Waals surface area contributed by atoms with E-state index in [9.17, 15) is 9.90 Å². The molecule has 0 bridgehead atoms. The van der Waals surface area contributed by atoms with Crippen molar-refractivity contribution in [1.82, 2.24) is 9.88 Å². The Morgan fingerprint density at radius 1 is 1.30 bits per heavy atom. The van der Waals surface area contributed by atoms with Gasteiger partial charge in [0.25, 0.3) is 0 Å². The van der Waals surface area contributed by atoms with Crippen LogP contribution in [0.1, 0.15) is 47.3 Å². The molecule has 30 heavy (non-hydrogen) atoms. The first kappa shape index (κ1) is 19.7. The van der Waals surface area contributed by atoms with E-state index in [-0.39, 0.29) is 17.3 Å². The van der Waals surface area contributed by atoms with Crippen molar-refractivity contribution in [3.05, 3.63) is 69.7 Å². The van der Waals surface area contributed by atoms with Crippen LogP contribution in [-0.4, -0.2) is 34.0 Å². The van der Waals surface area contributed by atoms with E-state index in [4.69, 9.17) is 4.98 Å². The molecule has 0 saturated heterocycles. The zero-order valence-electron chi connectivity index (χ0n) is 17.5. The highest BCUT2D eigenvalue weighted by atomic mass is 32.1. The van der Waals surface area contributed by atoms with Gasteiger partial charge in [0.1, 0.15) is 5.01 Å². The van der Waals surface area contributed by atoms with Crippen LogP contribution in [0.5, 0.6) is 0 Å². The van der Waals surface area contributed by atoms with Gasteiger partial charge in [0.2, 0.25) is 0 Å². The second-order valence-electron chi connectivity index (χ2n) is 9.38. The van der Waals surface area contributed by atoms with Gasteiger partial charge in [-0.15, -0.1) is 11.3 Å². The van der Waals surface area contributed by atoms with E-state index in [1.807, 2.05) is 11.3 Å². The Hall–Kier alpha value is -2.24. The molecule has 0 radical (unpaired) electrons. The zero-order chi connectivity index (χ0) is 20.9.